The van der Waals surface area contributed by atoms with Gasteiger partial charge in [0.15, 0.2) is 0 Å². The molecule has 2 heterocycles. The van der Waals surface area contributed by atoms with Crippen molar-refractivity contribution in [2.75, 3.05) is 20.6 Å². The number of carbonyl (C=O) groups excluding carboxylic acids is 2. The molecule has 2 aliphatic rings. The lowest BCUT2D eigenvalue weighted by atomic mass is 9.68. The van der Waals surface area contributed by atoms with Gasteiger partial charge in [-0.05, 0) is 63.0 Å². The summed E-state index contributed by atoms with van der Waals surface area (Å²) in [5.74, 6) is -0.183. The Bertz CT molecular complexity index is 971. The maximum Gasteiger partial charge on any atom is 0.327 e. The van der Waals surface area contributed by atoms with Gasteiger partial charge in [-0.1, -0.05) is 41.9 Å². The molecule has 1 spiro atoms. The van der Waals surface area contributed by atoms with Crippen LogP contribution >= 0.6 is 11.6 Å². The van der Waals surface area contributed by atoms with Crippen molar-refractivity contribution in [3.63, 3.8) is 0 Å². The summed E-state index contributed by atoms with van der Waals surface area (Å²) in [7, 11) is 4.24. The number of amides is 3. The number of urea groups is 1. The van der Waals surface area contributed by atoms with Gasteiger partial charge in [0.25, 0.3) is 0 Å². The van der Waals surface area contributed by atoms with Crippen LogP contribution in [0.5, 0.6) is 0 Å². The highest BCUT2D eigenvalue weighted by atomic mass is 35.5. The van der Waals surface area contributed by atoms with E-state index in [1.807, 2.05) is 12.1 Å². The van der Waals surface area contributed by atoms with Crippen LogP contribution in [-0.4, -0.2) is 57.8 Å². The second-order valence-corrected chi connectivity index (χ2v) is 9.38. The first-order valence-electron chi connectivity index (χ1n) is 10.7. The number of halogens is 1. The lowest BCUT2D eigenvalue weighted by Crippen LogP contribution is -2.56. The summed E-state index contributed by atoms with van der Waals surface area (Å²) in [6.07, 6.45) is 4.96. The summed E-state index contributed by atoms with van der Waals surface area (Å²) in [6.45, 7) is 2.46. The van der Waals surface area contributed by atoms with E-state index in [2.05, 4.69) is 48.2 Å². The predicted molar refractivity (Wildman–Crippen MR) is 121 cm³/mol. The molecule has 1 saturated carbocycles. The van der Waals surface area contributed by atoms with Crippen LogP contribution in [0.25, 0.3) is 0 Å². The molecule has 1 aliphatic heterocycles. The van der Waals surface area contributed by atoms with Crippen LogP contribution in [0.4, 0.5) is 4.79 Å². The Morgan fingerprint density at radius 1 is 1.13 bits per heavy atom. The van der Waals surface area contributed by atoms with Gasteiger partial charge in [-0.15, -0.1) is 0 Å². The second kappa shape index (κ2) is 8.24. The Hall–Kier alpha value is -2.44. The summed E-state index contributed by atoms with van der Waals surface area (Å²) >= 11 is 6.02. The van der Waals surface area contributed by atoms with Crippen LogP contribution in [0.2, 0.25) is 5.15 Å². The number of benzene rings is 1. The summed E-state index contributed by atoms with van der Waals surface area (Å²) in [5.41, 5.74) is 1.64. The first-order chi connectivity index (χ1) is 14.8. The third kappa shape index (κ3) is 3.83. The highest BCUT2D eigenvalue weighted by Gasteiger charge is 2.55. The summed E-state index contributed by atoms with van der Waals surface area (Å²) in [5, 5.41) is 0.401. The first-order valence-corrected chi connectivity index (χ1v) is 11.1. The lowest BCUT2D eigenvalue weighted by Gasteiger charge is -2.50. The zero-order valence-electron chi connectivity index (χ0n) is 18.3. The van der Waals surface area contributed by atoms with Gasteiger partial charge in [0.1, 0.15) is 5.15 Å². The van der Waals surface area contributed by atoms with Crippen molar-refractivity contribution < 1.29 is 9.59 Å². The fourth-order valence-electron chi connectivity index (χ4n) is 5.44. The maximum atomic E-state index is 13.2. The predicted octanol–water partition coefficient (Wildman–Crippen LogP) is 4.29. The zero-order chi connectivity index (χ0) is 22.2. The molecule has 1 saturated heterocycles. The van der Waals surface area contributed by atoms with Crippen molar-refractivity contribution in [2.45, 2.75) is 50.2 Å². The molecule has 6 nitrogen and oxygen atoms in total. The Kier molecular flexibility index (Phi) is 5.79. The average molecular weight is 441 g/mol. The molecule has 7 heteroatoms. The van der Waals surface area contributed by atoms with E-state index in [9.17, 15) is 9.59 Å². The average Bonchev–Trinajstić information content (AvgIpc) is 3.00. The van der Waals surface area contributed by atoms with E-state index in [1.54, 1.807) is 17.2 Å². The molecule has 4 rings (SSSR count). The molecule has 0 unspecified atom stereocenters. The summed E-state index contributed by atoms with van der Waals surface area (Å²) in [4.78, 5) is 35.4. The van der Waals surface area contributed by atoms with Gasteiger partial charge in [0.2, 0.25) is 5.91 Å². The molecule has 0 bridgehead atoms. The van der Waals surface area contributed by atoms with Crippen LogP contribution < -0.4 is 0 Å². The number of nitrogens with zero attached hydrogens (tertiary/aromatic N) is 4. The molecule has 2 fully saturated rings. The minimum atomic E-state index is -0.464. The normalized spacial score (nSPS) is 26.2. The van der Waals surface area contributed by atoms with Gasteiger partial charge in [-0.2, -0.15) is 0 Å². The minimum Gasteiger partial charge on any atom is -0.318 e. The Balaban J connectivity index is 1.60. The topological polar surface area (TPSA) is 56.8 Å². The van der Waals surface area contributed by atoms with Crippen LogP contribution in [0.3, 0.4) is 0 Å². The second-order valence-electron chi connectivity index (χ2n) is 9.00. The molecule has 31 heavy (non-hydrogen) atoms. The lowest BCUT2D eigenvalue weighted by molar-refractivity contribution is -0.131. The van der Waals surface area contributed by atoms with Gasteiger partial charge in [0, 0.05) is 31.7 Å². The van der Waals surface area contributed by atoms with Crippen molar-refractivity contribution in [2.24, 2.45) is 0 Å². The number of imide groups is 1. The quantitative estimate of drug-likeness (QED) is 0.665. The fourth-order valence-corrected chi connectivity index (χ4v) is 5.64. The van der Waals surface area contributed by atoms with E-state index < -0.39 is 5.54 Å². The third-order valence-electron chi connectivity index (χ3n) is 7.08. The maximum absolute atomic E-state index is 13.2. The number of pyridine rings is 1. The van der Waals surface area contributed by atoms with Gasteiger partial charge in [-0.3, -0.25) is 14.6 Å². The Morgan fingerprint density at radius 3 is 2.39 bits per heavy atom. The molecule has 1 aliphatic carbocycles. The van der Waals surface area contributed by atoms with Gasteiger partial charge in [-0.25, -0.2) is 9.78 Å². The van der Waals surface area contributed by atoms with Crippen molar-refractivity contribution >= 4 is 23.5 Å². The van der Waals surface area contributed by atoms with Gasteiger partial charge >= 0.3 is 6.03 Å². The molecule has 0 N–H and O–H groups in total. The standard InChI is InChI=1S/C24H29ClN4O2/c1-18(30)29-22(31)28(16-19-9-14-26-21(25)15-19)17-23(29)10-12-24(13-11-23,27(2)3)20-7-5-4-6-8-20/h4-9,14-15H,10-13,16-17H2,1-3H3/t23-,24+. The van der Waals surface area contributed by atoms with Crippen LogP contribution in [0.1, 0.15) is 43.7 Å². The summed E-state index contributed by atoms with van der Waals surface area (Å²) in [6, 6.07) is 14.0. The molecular formula is C24H29ClN4O2. The highest BCUT2D eigenvalue weighted by Crippen LogP contribution is 2.49. The minimum absolute atomic E-state index is 0.0932. The SMILES string of the molecule is CC(=O)N1C(=O)N(Cc2ccnc(Cl)c2)C[C@]12CC[C@](c1ccccc1)(N(C)C)CC2. The molecule has 2 aromatic rings. The zero-order valence-corrected chi connectivity index (χ0v) is 19.1. The van der Waals surface area contributed by atoms with E-state index in [-0.39, 0.29) is 17.5 Å². The van der Waals surface area contributed by atoms with Crippen LogP contribution in [-0.2, 0) is 16.9 Å². The number of hydrogen-bond donors (Lipinski definition) is 0. The van der Waals surface area contributed by atoms with Crippen LogP contribution in [0.15, 0.2) is 48.7 Å². The monoisotopic (exact) mass is 440 g/mol. The number of hydrogen-bond acceptors (Lipinski definition) is 4. The molecular weight excluding hydrogens is 412 g/mol. The van der Waals surface area contributed by atoms with Gasteiger partial charge in [0.05, 0.1) is 5.54 Å². The molecule has 0 radical (unpaired) electrons. The molecule has 1 aromatic heterocycles. The van der Waals surface area contributed by atoms with Crippen molar-refractivity contribution in [3.05, 3.63) is 64.9 Å². The number of rotatable bonds is 4. The van der Waals surface area contributed by atoms with E-state index in [0.29, 0.717) is 18.2 Å². The van der Waals surface area contributed by atoms with E-state index in [1.165, 1.54) is 17.4 Å². The van der Waals surface area contributed by atoms with Gasteiger partial charge < -0.3 is 4.90 Å². The fraction of sp³-hybridized carbons (Fsp3) is 0.458. The number of carbonyl (C=O) groups is 2. The Morgan fingerprint density at radius 2 is 1.81 bits per heavy atom. The van der Waals surface area contributed by atoms with E-state index in [4.69, 9.17) is 11.6 Å². The van der Waals surface area contributed by atoms with Crippen molar-refractivity contribution in [3.8, 4) is 0 Å². The van der Waals surface area contributed by atoms with Crippen LogP contribution in [0, 0.1) is 0 Å². The largest absolute Gasteiger partial charge is 0.327 e. The van der Waals surface area contributed by atoms with E-state index >= 15 is 0 Å². The van der Waals surface area contributed by atoms with E-state index in [0.717, 1.165) is 31.2 Å². The molecule has 0 atom stereocenters. The third-order valence-corrected chi connectivity index (χ3v) is 7.28. The molecule has 164 valence electrons. The highest BCUT2D eigenvalue weighted by molar-refractivity contribution is 6.29. The summed E-state index contributed by atoms with van der Waals surface area (Å²) < 4.78 is 0. The van der Waals surface area contributed by atoms with Crippen molar-refractivity contribution in [1.29, 1.82) is 0 Å². The Labute approximate surface area is 188 Å². The van der Waals surface area contributed by atoms with Crippen molar-refractivity contribution in [1.82, 2.24) is 19.7 Å². The molecule has 1 aromatic carbocycles. The smallest absolute Gasteiger partial charge is 0.318 e. The number of aromatic nitrogens is 1. The molecule has 3 amide bonds. The first kappa shape index (κ1) is 21.8.